The fraction of sp³-hybridized carbons (Fsp3) is 0.632. The van der Waals surface area contributed by atoms with Crippen LogP contribution in [0.2, 0.25) is 10.0 Å². The zero-order chi connectivity index (χ0) is 34.9. The van der Waals surface area contributed by atoms with Crippen molar-refractivity contribution in [2.75, 3.05) is 39.3 Å². The first-order valence-corrected chi connectivity index (χ1v) is 18.5. The summed E-state index contributed by atoms with van der Waals surface area (Å²) in [5.41, 5.74) is -1.59. The zero-order valence-electron chi connectivity index (χ0n) is 29.0. The quantitative estimate of drug-likeness (QED) is 0.145. The summed E-state index contributed by atoms with van der Waals surface area (Å²) in [6.45, 7) is 12.8. The van der Waals surface area contributed by atoms with Gasteiger partial charge in [0.15, 0.2) is 0 Å². The molecule has 4 atom stereocenters. The molecular formula is C38H52Cl2F2N2O4. The summed E-state index contributed by atoms with van der Waals surface area (Å²) >= 11 is 12.6. The Morgan fingerprint density at radius 1 is 0.688 bits per heavy atom. The lowest BCUT2D eigenvalue weighted by Crippen LogP contribution is -2.54. The van der Waals surface area contributed by atoms with E-state index in [0.29, 0.717) is 47.1 Å². The van der Waals surface area contributed by atoms with Gasteiger partial charge >= 0.3 is 11.9 Å². The fourth-order valence-corrected chi connectivity index (χ4v) is 8.32. The summed E-state index contributed by atoms with van der Waals surface area (Å²) in [5, 5.41) is 0.769. The molecule has 0 radical (unpaired) electrons. The highest BCUT2D eigenvalue weighted by atomic mass is 35.5. The van der Waals surface area contributed by atoms with Crippen molar-refractivity contribution >= 4 is 35.1 Å². The third-order valence-electron chi connectivity index (χ3n) is 10.8. The Hall–Kier alpha value is -2.26. The molecule has 0 aliphatic heterocycles. The molecule has 10 heteroatoms. The number of hydrogen-bond acceptors (Lipinski definition) is 6. The van der Waals surface area contributed by atoms with Gasteiger partial charge < -0.3 is 19.3 Å². The van der Waals surface area contributed by atoms with Crippen LogP contribution in [0.1, 0.15) is 90.2 Å². The number of hydrogen-bond donors (Lipinski definition) is 0. The minimum absolute atomic E-state index is 0.0911. The number of carbonyl (C=O) groups excluding carboxylic acids is 2. The first kappa shape index (κ1) is 38.5. The highest BCUT2D eigenvalue weighted by Gasteiger charge is 2.50. The third kappa shape index (κ3) is 9.49. The van der Waals surface area contributed by atoms with E-state index < -0.39 is 34.8 Å². The van der Waals surface area contributed by atoms with Crippen LogP contribution in [0.25, 0.3) is 0 Å². The van der Waals surface area contributed by atoms with Gasteiger partial charge in [-0.15, -0.1) is 0 Å². The maximum Gasteiger partial charge on any atom is 0.418 e. The standard InChI is InChI=1S/C38H52Cl2F2N2O4/c1-5-43(6-2)25-29-13-9-11-19-37(29,23-27-21-31(39)15-17-33(27)41)47-35(45)36(46)48-38(24-28-22-32(40)16-18-34(28)42)20-12-10-14-30(38)26-44(7-3)8-4/h15-18,21-22,29-30H,5-14,19-20,23-26H2,1-4H3. The highest BCUT2D eigenvalue weighted by Crippen LogP contribution is 2.43. The topological polar surface area (TPSA) is 59.1 Å². The maximum absolute atomic E-state index is 15.2. The van der Waals surface area contributed by atoms with Crippen LogP contribution >= 0.6 is 23.2 Å². The van der Waals surface area contributed by atoms with Gasteiger partial charge in [-0.25, -0.2) is 18.4 Å². The Bertz CT molecular complexity index is 1280. The van der Waals surface area contributed by atoms with Crippen molar-refractivity contribution in [1.82, 2.24) is 9.80 Å². The summed E-state index contributed by atoms with van der Waals surface area (Å²) in [7, 11) is 0. The number of nitrogens with zero attached hydrogens (tertiary/aromatic N) is 2. The summed E-state index contributed by atoms with van der Waals surface area (Å²) in [4.78, 5) is 32.6. The molecule has 2 aliphatic carbocycles. The van der Waals surface area contributed by atoms with Gasteiger partial charge in [0, 0.05) is 47.8 Å². The van der Waals surface area contributed by atoms with E-state index in [1.807, 2.05) is 0 Å². The van der Waals surface area contributed by atoms with E-state index in [1.165, 1.54) is 24.3 Å². The van der Waals surface area contributed by atoms with Crippen LogP contribution in [0.3, 0.4) is 0 Å². The second-order valence-electron chi connectivity index (χ2n) is 13.6. The zero-order valence-corrected chi connectivity index (χ0v) is 30.5. The molecule has 6 nitrogen and oxygen atoms in total. The van der Waals surface area contributed by atoms with Crippen molar-refractivity contribution in [3.63, 3.8) is 0 Å². The van der Waals surface area contributed by atoms with Crippen LogP contribution in [0, 0.1) is 23.5 Å². The van der Waals surface area contributed by atoms with Crippen molar-refractivity contribution in [3.8, 4) is 0 Å². The average Bonchev–Trinajstić information content (AvgIpc) is 3.07. The van der Waals surface area contributed by atoms with Gasteiger partial charge in [0.1, 0.15) is 22.8 Å². The molecular weight excluding hydrogens is 657 g/mol. The van der Waals surface area contributed by atoms with Gasteiger partial charge in [-0.3, -0.25) is 0 Å². The van der Waals surface area contributed by atoms with E-state index in [1.54, 1.807) is 12.1 Å². The number of carbonyl (C=O) groups is 2. The second-order valence-corrected chi connectivity index (χ2v) is 14.5. The summed E-state index contributed by atoms with van der Waals surface area (Å²) in [5.74, 6) is -3.34. The van der Waals surface area contributed by atoms with E-state index in [9.17, 15) is 9.59 Å². The van der Waals surface area contributed by atoms with E-state index in [2.05, 4.69) is 37.5 Å². The Morgan fingerprint density at radius 2 is 1.06 bits per heavy atom. The molecule has 4 unspecified atom stereocenters. The maximum atomic E-state index is 15.2. The van der Waals surface area contributed by atoms with Gasteiger partial charge in [-0.1, -0.05) is 63.7 Å². The van der Waals surface area contributed by atoms with Crippen LogP contribution in [-0.4, -0.2) is 72.2 Å². The first-order valence-electron chi connectivity index (χ1n) is 17.8. The fourth-order valence-electron chi connectivity index (χ4n) is 7.93. The summed E-state index contributed by atoms with van der Waals surface area (Å²) in [6.07, 6.45) is 6.09. The number of benzene rings is 2. The molecule has 0 aromatic heterocycles. The van der Waals surface area contributed by atoms with Gasteiger partial charge in [-0.05, 0) is 112 Å². The molecule has 0 saturated heterocycles. The van der Waals surface area contributed by atoms with Crippen molar-refractivity contribution < 1.29 is 27.8 Å². The normalized spacial score (nSPS) is 24.5. The van der Waals surface area contributed by atoms with Crippen molar-refractivity contribution in [3.05, 3.63) is 69.2 Å². The van der Waals surface area contributed by atoms with Gasteiger partial charge in [0.25, 0.3) is 0 Å². The summed E-state index contributed by atoms with van der Waals surface area (Å²) < 4.78 is 43.1. The highest BCUT2D eigenvalue weighted by molar-refractivity contribution is 6.31. The third-order valence-corrected chi connectivity index (χ3v) is 11.3. The van der Waals surface area contributed by atoms with Crippen molar-refractivity contribution in [2.24, 2.45) is 11.8 Å². The molecule has 4 rings (SSSR count). The van der Waals surface area contributed by atoms with Gasteiger partial charge in [0.2, 0.25) is 0 Å². The van der Waals surface area contributed by atoms with Crippen LogP contribution in [0.5, 0.6) is 0 Å². The number of rotatable bonds is 14. The smallest absolute Gasteiger partial charge is 0.418 e. The minimum atomic E-state index is -1.14. The molecule has 2 saturated carbocycles. The lowest BCUT2D eigenvalue weighted by Gasteiger charge is -2.46. The predicted molar refractivity (Wildman–Crippen MR) is 187 cm³/mol. The molecule has 2 aliphatic rings. The van der Waals surface area contributed by atoms with Crippen molar-refractivity contribution in [1.29, 1.82) is 0 Å². The van der Waals surface area contributed by atoms with E-state index in [0.717, 1.165) is 64.7 Å². The average molecular weight is 710 g/mol. The SMILES string of the molecule is CCN(CC)CC1CCCCC1(Cc1cc(Cl)ccc1F)OC(=O)C(=O)OC1(Cc2cc(Cl)ccc2F)CCCCC1CN(CC)CC. The molecule has 2 aromatic carbocycles. The number of esters is 2. The van der Waals surface area contributed by atoms with E-state index in [-0.39, 0.29) is 24.7 Å². The van der Waals surface area contributed by atoms with Crippen LogP contribution in [-0.2, 0) is 31.9 Å². The molecule has 0 amide bonds. The Labute approximate surface area is 295 Å². The lowest BCUT2D eigenvalue weighted by atomic mass is 9.71. The Balaban J connectivity index is 1.69. The van der Waals surface area contributed by atoms with E-state index >= 15 is 8.78 Å². The van der Waals surface area contributed by atoms with Crippen molar-refractivity contribution in [2.45, 2.75) is 103 Å². The monoisotopic (exact) mass is 708 g/mol. The van der Waals surface area contributed by atoms with Crippen LogP contribution < -0.4 is 0 Å². The molecule has 48 heavy (non-hydrogen) atoms. The molecule has 0 heterocycles. The Morgan fingerprint density at radius 3 is 1.42 bits per heavy atom. The molecule has 2 fully saturated rings. The molecule has 0 bridgehead atoms. The van der Waals surface area contributed by atoms with Gasteiger partial charge in [-0.2, -0.15) is 0 Å². The van der Waals surface area contributed by atoms with Crippen LogP contribution in [0.15, 0.2) is 36.4 Å². The molecule has 0 spiro atoms. The van der Waals surface area contributed by atoms with Crippen LogP contribution in [0.4, 0.5) is 8.78 Å². The first-order chi connectivity index (χ1) is 23.0. The molecule has 266 valence electrons. The lowest BCUT2D eigenvalue weighted by molar-refractivity contribution is -0.198. The number of halogens is 4. The summed E-state index contributed by atoms with van der Waals surface area (Å²) in [6, 6.07) is 8.77. The van der Waals surface area contributed by atoms with E-state index in [4.69, 9.17) is 32.7 Å². The number of ether oxygens (including phenoxy) is 2. The van der Waals surface area contributed by atoms with Gasteiger partial charge in [0.05, 0.1) is 0 Å². The largest absolute Gasteiger partial charge is 0.450 e. The second kappa shape index (κ2) is 17.6. The predicted octanol–water partition coefficient (Wildman–Crippen LogP) is 8.68. The minimum Gasteiger partial charge on any atom is -0.450 e. The molecule has 2 aromatic rings. The Kier molecular flexibility index (Phi) is 14.1. The molecule has 0 N–H and O–H groups in total.